The van der Waals surface area contributed by atoms with Crippen LogP contribution in [-0.4, -0.2) is 54.8 Å². The molecule has 1 unspecified atom stereocenters. The SMILES string of the molecule is CCOP(=O)(O)O[N+](CC)(CC)CCCNC(=O)CCCCCN. The van der Waals surface area contributed by atoms with Crippen molar-refractivity contribution in [3.63, 3.8) is 0 Å². The smallest absolute Gasteiger partial charge is 0.356 e. The number of amides is 1. The fourth-order valence-electron chi connectivity index (χ4n) is 2.39. The summed E-state index contributed by atoms with van der Waals surface area (Å²) in [4.78, 5) is 21.4. The van der Waals surface area contributed by atoms with Gasteiger partial charge < -0.3 is 11.1 Å². The van der Waals surface area contributed by atoms with E-state index in [4.69, 9.17) is 14.9 Å². The van der Waals surface area contributed by atoms with Crippen molar-refractivity contribution in [2.75, 3.05) is 39.3 Å². The van der Waals surface area contributed by atoms with Crippen LogP contribution < -0.4 is 11.1 Å². The van der Waals surface area contributed by atoms with E-state index in [0.29, 0.717) is 45.6 Å². The molecular weight excluding hydrogens is 333 g/mol. The van der Waals surface area contributed by atoms with E-state index in [1.165, 1.54) is 0 Å². The van der Waals surface area contributed by atoms with Crippen LogP contribution in [0.1, 0.15) is 52.9 Å². The molecule has 0 aliphatic rings. The molecule has 9 heteroatoms. The molecule has 24 heavy (non-hydrogen) atoms. The number of phosphoric ester groups is 1. The minimum absolute atomic E-state index is 0.0279. The van der Waals surface area contributed by atoms with Crippen LogP contribution in [0.4, 0.5) is 0 Å². The van der Waals surface area contributed by atoms with E-state index in [9.17, 15) is 14.3 Å². The summed E-state index contributed by atoms with van der Waals surface area (Å²) >= 11 is 0. The van der Waals surface area contributed by atoms with Gasteiger partial charge in [-0.15, -0.1) is 0 Å². The van der Waals surface area contributed by atoms with Gasteiger partial charge >= 0.3 is 7.82 Å². The Morgan fingerprint density at radius 1 is 1.17 bits per heavy atom. The van der Waals surface area contributed by atoms with Crippen LogP contribution >= 0.6 is 7.82 Å². The summed E-state index contributed by atoms with van der Waals surface area (Å²) in [5, 5.41) is 2.87. The number of nitrogens with one attached hydrogen (secondary N) is 1. The van der Waals surface area contributed by atoms with Gasteiger partial charge in [0.05, 0.1) is 6.61 Å². The summed E-state index contributed by atoms with van der Waals surface area (Å²) in [5.74, 6) is 0.0289. The topological polar surface area (TPSA) is 111 Å². The lowest BCUT2D eigenvalue weighted by Gasteiger charge is -2.33. The number of rotatable bonds is 15. The Bertz CT molecular complexity index is 391. The Hall–Kier alpha value is -0.500. The van der Waals surface area contributed by atoms with Crippen molar-refractivity contribution >= 4 is 13.7 Å². The van der Waals surface area contributed by atoms with Crippen molar-refractivity contribution < 1.29 is 28.0 Å². The maximum absolute atomic E-state index is 11.9. The molecule has 0 radical (unpaired) electrons. The Kier molecular flexibility index (Phi) is 12.5. The first kappa shape index (κ1) is 23.5. The molecule has 0 rings (SSSR count). The number of carbonyl (C=O) groups is 1. The van der Waals surface area contributed by atoms with E-state index in [1.54, 1.807) is 6.92 Å². The summed E-state index contributed by atoms with van der Waals surface area (Å²) in [7, 11) is -4.06. The molecule has 1 amide bonds. The van der Waals surface area contributed by atoms with E-state index in [1.807, 2.05) is 13.8 Å². The average Bonchev–Trinajstić information content (AvgIpc) is 2.54. The first-order chi connectivity index (χ1) is 11.3. The standard InChI is InChI=1S/C15H34N3O5P/c1-4-18(5-2,23-24(20,21)22-6-3)14-10-13-17-15(19)11-8-7-9-12-16/h4-14,16H2,1-3H3,(H-,17,19,20,21)/p+1. The molecule has 0 aliphatic carbocycles. The van der Waals surface area contributed by atoms with Crippen LogP contribution in [0.25, 0.3) is 0 Å². The Morgan fingerprint density at radius 3 is 2.38 bits per heavy atom. The molecule has 0 spiro atoms. The van der Waals surface area contributed by atoms with Gasteiger partial charge in [0.15, 0.2) is 0 Å². The number of nitrogens with two attached hydrogens (primary N) is 1. The zero-order valence-electron chi connectivity index (χ0n) is 15.3. The molecule has 4 N–H and O–H groups in total. The number of carbonyl (C=O) groups excluding carboxylic acids is 1. The second-order valence-electron chi connectivity index (χ2n) is 5.69. The molecule has 1 atom stereocenters. The van der Waals surface area contributed by atoms with Crippen LogP contribution in [0, 0.1) is 0 Å². The molecule has 0 aliphatic heterocycles. The average molecular weight is 368 g/mol. The van der Waals surface area contributed by atoms with Gasteiger partial charge in [-0.3, -0.25) is 14.2 Å². The maximum Gasteiger partial charge on any atom is 0.518 e. The summed E-state index contributed by atoms with van der Waals surface area (Å²) < 4.78 is 22.1. The van der Waals surface area contributed by atoms with Gasteiger partial charge in [-0.2, -0.15) is 4.65 Å². The lowest BCUT2D eigenvalue weighted by atomic mass is 10.2. The summed E-state index contributed by atoms with van der Waals surface area (Å²) in [6.45, 7) is 8.33. The van der Waals surface area contributed by atoms with E-state index in [0.717, 1.165) is 19.3 Å². The van der Waals surface area contributed by atoms with Crippen LogP contribution in [0.3, 0.4) is 0 Å². The van der Waals surface area contributed by atoms with Gasteiger partial charge in [0.2, 0.25) is 5.91 Å². The normalized spacial score (nSPS) is 14.4. The molecular formula is C15H35N3O5P+. The fourth-order valence-corrected chi connectivity index (χ4v) is 3.52. The molecule has 0 aromatic rings. The van der Waals surface area contributed by atoms with Gasteiger partial charge in [0.25, 0.3) is 0 Å². The van der Waals surface area contributed by atoms with Crippen molar-refractivity contribution in [1.82, 2.24) is 5.32 Å². The molecule has 0 aromatic carbocycles. The van der Waals surface area contributed by atoms with Crippen molar-refractivity contribution in [1.29, 1.82) is 0 Å². The van der Waals surface area contributed by atoms with Gasteiger partial charge in [0.1, 0.15) is 19.6 Å². The van der Waals surface area contributed by atoms with Crippen molar-refractivity contribution in [3.8, 4) is 0 Å². The predicted molar refractivity (Wildman–Crippen MR) is 93.9 cm³/mol. The minimum Gasteiger partial charge on any atom is -0.356 e. The highest BCUT2D eigenvalue weighted by Gasteiger charge is 2.37. The fraction of sp³-hybridized carbons (Fsp3) is 0.933. The molecule has 0 aromatic heterocycles. The highest BCUT2D eigenvalue weighted by atomic mass is 31.2. The number of hydroxylamine groups is 3. The lowest BCUT2D eigenvalue weighted by molar-refractivity contribution is -1.08. The monoisotopic (exact) mass is 368 g/mol. The number of hydrogen-bond donors (Lipinski definition) is 3. The molecule has 0 heterocycles. The predicted octanol–water partition coefficient (Wildman–Crippen LogP) is 1.94. The van der Waals surface area contributed by atoms with Gasteiger partial charge in [0, 0.05) is 19.4 Å². The maximum atomic E-state index is 11.9. The Morgan fingerprint density at radius 2 is 1.83 bits per heavy atom. The van der Waals surface area contributed by atoms with Crippen LogP contribution in [0.5, 0.6) is 0 Å². The molecule has 0 fully saturated rings. The summed E-state index contributed by atoms with van der Waals surface area (Å²) in [6, 6.07) is 0. The number of hydrogen-bond acceptors (Lipinski definition) is 5. The summed E-state index contributed by atoms with van der Waals surface area (Å²) in [6.07, 6.45) is 3.92. The third-order valence-corrected chi connectivity index (χ3v) is 5.03. The first-order valence-corrected chi connectivity index (χ1v) is 10.4. The molecule has 0 saturated heterocycles. The second-order valence-corrected chi connectivity index (χ2v) is 7.04. The molecule has 0 saturated carbocycles. The summed E-state index contributed by atoms with van der Waals surface area (Å²) in [5.41, 5.74) is 5.41. The molecule has 0 bridgehead atoms. The Labute approximate surface area is 145 Å². The van der Waals surface area contributed by atoms with E-state index in [2.05, 4.69) is 5.32 Å². The third kappa shape index (κ3) is 10.4. The molecule has 144 valence electrons. The van der Waals surface area contributed by atoms with E-state index >= 15 is 0 Å². The zero-order chi connectivity index (χ0) is 18.5. The second kappa shape index (κ2) is 12.8. The van der Waals surface area contributed by atoms with Gasteiger partial charge in [-0.25, -0.2) is 4.57 Å². The Balaban J connectivity index is 4.21. The third-order valence-electron chi connectivity index (χ3n) is 3.89. The van der Waals surface area contributed by atoms with E-state index < -0.39 is 7.82 Å². The van der Waals surface area contributed by atoms with Crippen molar-refractivity contribution in [2.24, 2.45) is 5.73 Å². The lowest BCUT2D eigenvalue weighted by Crippen LogP contribution is -2.48. The largest absolute Gasteiger partial charge is 0.518 e. The number of phosphoric acid groups is 1. The number of nitrogens with zero attached hydrogens (tertiary/aromatic N) is 1. The zero-order valence-corrected chi connectivity index (χ0v) is 16.2. The van der Waals surface area contributed by atoms with E-state index in [-0.39, 0.29) is 17.2 Å². The first-order valence-electron chi connectivity index (χ1n) is 8.86. The van der Waals surface area contributed by atoms with Crippen molar-refractivity contribution in [2.45, 2.75) is 52.9 Å². The van der Waals surface area contributed by atoms with Crippen molar-refractivity contribution in [3.05, 3.63) is 0 Å². The quantitative estimate of drug-likeness (QED) is 0.176. The van der Waals surface area contributed by atoms with Gasteiger partial charge in [-0.05, 0) is 40.2 Å². The van der Waals surface area contributed by atoms with Crippen LogP contribution in [0.15, 0.2) is 0 Å². The minimum atomic E-state index is -4.06. The molecule has 8 nitrogen and oxygen atoms in total. The highest BCUT2D eigenvalue weighted by molar-refractivity contribution is 7.47. The van der Waals surface area contributed by atoms with Gasteiger partial charge in [-0.1, -0.05) is 11.0 Å². The highest BCUT2D eigenvalue weighted by Crippen LogP contribution is 2.46. The van der Waals surface area contributed by atoms with Crippen LogP contribution in [0.2, 0.25) is 0 Å². The number of unbranched alkanes of at least 4 members (excludes halogenated alkanes) is 2. The number of quaternary nitrogens is 1. The van der Waals surface area contributed by atoms with Crippen LogP contribution in [-0.2, 0) is 18.5 Å².